The molecule has 0 radical (unpaired) electrons. The van der Waals surface area contributed by atoms with Gasteiger partial charge in [-0.3, -0.25) is 0 Å². The molecule has 0 aliphatic carbocycles. The van der Waals surface area contributed by atoms with E-state index in [1.54, 1.807) is 0 Å². The molecule has 1 heterocycles. The molecule has 0 amide bonds. The fourth-order valence-corrected chi connectivity index (χ4v) is 1.93. The first kappa shape index (κ1) is 14.8. The first-order valence-corrected chi connectivity index (χ1v) is 6.90. The second kappa shape index (κ2) is 6.78. The van der Waals surface area contributed by atoms with Gasteiger partial charge in [0.2, 0.25) is 5.95 Å². The quantitative estimate of drug-likeness (QED) is 0.755. The molecule has 5 nitrogen and oxygen atoms in total. The molecule has 7 heteroatoms. The van der Waals surface area contributed by atoms with Crippen molar-refractivity contribution in [3.05, 3.63) is 71.9 Å². The second-order valence-electron chi connectivity index (χ2n) is 4.76. The molecule has 0 saturated carbocycles. The zero-order valence-corrected chi connectivity index (χ0v) is 12.0. The number of nitrogens with one attached hydrogen (secondary N) is 2. The topological polar surface area (TPSA) is 62.7 Å². The van der Waals surface area contributed by atoms with Gasteiger partial charge < -0.3 is 10.6 Å². The summed E-state index contributed by atoms with van der Waals surface area (Å²) in [7, 11) is 0. The standard InChI is InChI=1S/C16H13F2N5/c17-13-7-6-12(8-14(13)18)21-16-22-15(10-20-23-16)19-9-11-4-2-1-3-5-11/h1-8,10H,9H2,(H2,19,21,22,23). The van der Waals surface area contributed by atoms with Crippen LogP contribution in [-0.4, -0.2) is 15.2 Å². The summed E-state index contributed by atoms with van der Waals surface area (Å²) < 4.78 is 26.1. The van der Waals surface area contributed by atoms with Crippen LogP contribution in [0.2, 0.25) is 0 Å². The Balaban J connectivity index is 1.68. The molecule has 0 aliphatic heterocycles. The Morgan fingerprint density at radius 1 is 0.957 bits per heavy atom. The molecule has 0 aliphatic rings. The molecule has 1 aromatic heterocycles. The molecule has 0 unspecified atom stereocenters. The lowest BCUT2D eigenvalue weighted by Crippen LogP contribution is -2.05. The number of aromatic nitrogens is 3. The highest BCUT2D eigenvalue weighted by Crippen LogP contribution is 2.17. The molecule has 0 atom stereocenters. The Morgan fingerprint density at radius 3 is 2.57 bits per heavy atom. The van der Waals surface area contributed by atoms with Crippen LogP contribution < -0.4 is 10.6 Å². The zero-order valence-electron chi connectivity index (χ0n) is 12.0. The van der Waals surface area contributed by atoms with Crippen molar-refractivity contribution in [2.24, 2.45) is 0 Å². The Morgan fingerprint density at radius 2 is 1.78 bits per heavy atom. The van der Waals surface area contributed by atoms with E-state index < -0.39 is 11.6 Å². The highest BCUT2D eigenvalue weighted by atomic mass is 19.2. The average molecular weight is 313 g/mol. The normalized spacial score (nSPS) is 10.3. The summed E-state index contributed by atoms with van der Waals surface area (Å²) in [5.41, 5.74) is 1.44. The third-order valence-corrected chi connectivity index (χ3v) is 3.05. The van der Waals surface area contributed by atoms with Crippen molar-refractivity contribution >= 4 is 17.5 Å². The molecule has 0 saturated heterocycles. The third-order valence-electron chi connectivity index (χ3n) is 3.05. The van der Waals surface area contributed by atoms with Gasteiger partial charge in [-0.25, -0.2) is 8.78 Å². The van der Waals surface area contributed by atoms with E-state index in [4.69, 9.17) is 0 Å². The van der Waals surface area contributed by atoms with Crippen LogP contribution in [0.3, 0.4) is 0 Å². The molecule has 0 spiro atoms. The van der Waals surface area contributed by atoms with Gasteiger partial charge in [-0.1, -0.05) is 30.3 Å². The van der Waals surface area contributed by atoms with Crippen molar-refractivity contribution in [3.8, 4) is 0 Å². The Bertz CT molecular complexity index is 795. The number of nitrogens with zero attached hydrogens (tertiary/aromatic N) is 3. The minimum absolute atomic E-state index is 0.189. The van der Waals surface area contributed by atoms with Gasteiger partial charge in [0.15, 0.2) is 17.5 Å². The van der Waals surface area contributed by atoms with E-state index in [9.17, 15) is 8.78 Å². The van der Waals surface area contributed by atoms with Crippen molar-refractivity contribution in [2.45, 2.75) is 6.54 Å². The van der Waals surface area contributed by atoms with E-state index in [2.05, 4.69) is 25.8 Å². The number of hydrogen-bond acceptors (Lipinski definition) is 5. The average Bonchev–Trinajstić information content (AvgIpc) is 2.58. The largest absolute Gasteiger partial charge is 0.365 e. The zero-order chi connectivity index (χ0) is 16.1. The van der Waals surface area contributed by atoms with Gasteiger partial charge in [-0.05, 0) is 17.7 Å². The van der Waals surface area contributed by atoms with Gasteiger partial charge >= 0.3 is 0 Å². The summed E-state index contributed by atoms with van der Waals surface area (Å²) in [5.74, 6) is -1.14. The number of benzene rings is 2. The SMILES string of the molecule is Fc1ccc(Nc2nncc(NCc3ccccc3)n2)cc1F. The lowest BCUT2D eigenvalue weighted by Gasteiger charge is -2.08. The van der Waals surface area contributed by atoms with Gasteiger partial charge in [0.1, 0.15) is 0 Å². The predicted molar refractivity (Wildman–Crippen MR) is 83.2 cm³/mol. The molecule has 0 fully saturated rings. The van der Waals surface area contributed by atoms with Crippen LogP contribution in [0.5, 0.6) is 0 Å². The van der Waals surface area contributed by atoms with E-state index in [0.717, 1.165) is 17.7 Å². The van der Waals surface area contributed by atoms with E-state index >= 15 is 0 Å². The van der Waals surface area contributed by atoms with Crippen molar-refractivity contribution < 1.29 is 8.78 Å². The summed E-state index contributed by atoms with van der Waals surface area (Å²) in [6, 6.07) is 13.3. The number of rotatable bonds is 5. The van der Waals surface area contributed by atoms with Crippen LogP contribution in [-0.2, 0) is 6.54 Å². The third kappa shape index (κ3) is 3.97. The summed E-state index contributed by atoms with van der Waals surface area (Å²) in [4.78, 5) is 4.22. The van der Waals surface area contributed by atoms with E-state index in [-0.39, 0.29) is 5.95 Å². The lowest BCUT2D eigenvalue weighted by molar-refractivity contribution is 0.509. The molecule has 3 aromatic rings. The van der Waals surface area contributed by atoms with Crippen LogP contribution in [0.1, 0.15) is 5.56 Å². The fraction of sp³-hybridized carbons (Fsp3) is 0.0625. The maximum Gasteiger partial charge on any atom is 0.249 e. The van der Waals surface area contributed by atoms with Crippen LogP contribution in [0.4, 0.5) is 26.2 Å². The van der Waals surface area contributed by atoms with Crippen LogP contribution in [0.25, 0.3) is 0 Å². The summed E-state index contributed by atoms with van der Waals surface area (Å²) in [6.07, 6.45) is 1.49. The molecule has 0 bridgehead atoms. The smallest absolute Gasteiger partial charge is 0.249 e. The highest BCUT2D eigenvalue weighted by Gasteiger charge is 2.05. The molecule has 23 heavy (non-hydrogen) atoms. The number of hydrogen-bond donors (Lipinski definition) is 2. The summed E-state index contributed by atoms with van der Waals surface area (Å²) in [6.45, 7) is 0.587. The Hall–Kier alpha value is -3.09. The first-order chi connectivity index (χ1) is 11.2. The lowest BCUT2D eigenvalue weighted by atomic mass is 10.2. The maximum absolute atomic E-state index is 13.2. The Labute approximate surface area is 131 Å². The van der Waals surface area contributed by atoms with Gasteiger partial charge in [0.25, 0.3) is 0 Å². The first-order valence-electron chi connectivity index (χ1n) is 6.90. The molecule has 116 valence electrons. The molecular formula is C16H13F2N5. The number of anilines is 3. The molecule has 2 N–H and O–H groups in total. The van der Waals surface area contributed by atoms with E-state index in [1.165, 1.54) is 12.3 Å². The monoisotopic (exact) mass is 313 g/mol. The van der Waals surface area contributed by atoms with Gasteiger partial charge in [0, 0.05) is 18.3 Å². The minimum Gasteiger partial charge on any atom is -0.365 e. The van der Waals surface area contributed by atoms with Crippen molar-refractivity contribution in [1.29, 1.82) is 0 Å². The summed E-state index contributed by atoms with van der Waals surface area (Å²) >= 11 is 0. The van der Waals surface area contributed by atoms with Crippen LogP contribution in [0.15, 0.2) is 54.7 Å². The van der Waals surface area contributed by atoms with E-state index in [0.29, 0.717) is 18.1 Å². The van der Waals surface area contributed by atoms with E-state index in [1.807, 2.05) is 30.3 Å². The minimum atomic E-state index is -0.943. The molecule has 2 aromatic carbocycles. The van der Waals surface area contributed by atoms with Gasteiger partial charge in [-0.2, -0.15) is 10.1 Å². The summed E-state index contributed by atoms with van der Waals surface area (Å²) in [5, 5.41) is 13.5. The fourth-order valence-electron chi connectivity index (χ4n) is 1.93. The van der Waals surface area contributed by atoms with Gasteiger partial charge in [0.05, 0.1) is 6.20 Å². The van der Waals surface area contributed by atoms with Gasteiger partial charge in [-0.15, -0.1) is 5.10 Å². The molecule has 3 rings (SSSR count). The van der Waals surface area contributed by atoms with Crippen LogP contribution >= 0.6 is 0 Å². The second-order valence-corrected chi connectivity index (χ2v) is 4.76. The highest BCUT2D eigenvalue weighted by molar-refractivity contribution is 5.54. The van der Waals surface area contributed by atoms with Crippen molar-refractivity contribution in [2.75, 3.05) is 10.6 Å². The van der Waals surface area contributed by atoms with Crippen LogP contribution in [0, 0.1) is 11.6 Å². The van der Waals surface area contributed by atoms with Crippen molar-refractivity contribution in [3.63, 3.8) is 0 Å². The Kier molecular flexibility index (Phi) is 4.37. The molecular weight excluding hydrogens is 300 g/mol. The van der Waals surface area contributed by atoms with Crippen molar-refractivity contribution in [1.82, 2.24) is 15.2 Å². The number of halogens is 2. The maximum atomic E-state index is 13.2. The predicted octanol–water partition coefficient (Wildman–Crippen LogP) is 3.51.